The van der Waals surface area contributed by atoms with Gasteiger partial charge in [-0.3, -0.25) is 4.79 Å². The number of carbonyl (C=O) groups is 1. The monoisotopic (exact) mass is 311 g/mol. The minimum absolute atomic E-state index is 0.172. The molecule has 2 aromatic rings. The first-order chi connectivity index (χ1) is 11.2. The van der Waals surface area contributed by atoms with Crippen molar-refractivity contribution < 1.29 is 14.3 Å². The number of aryl methyl sites for hydroxylation is 1. The summed E-state index contributed by atoms with van der Waals surface area (Å²) in [6, 6.07) is 15.9. The molecule has 1 aliphatic heterocycles. The molecule has 2 aromatic carbocycles. The van der Waals surface area contributed by atoms with Crippen LogP contribution in [0.25, 0.3) is 0 Å². The van der Waals surface area contributed by atoms with Crippen molar-refractivity contribution in [3.8, 4) is 5.75 Å². The van der Waals surface area contributed by atoms with Crippen molar-refractivity contribution >= 4 is 11.7 Å². The second-order valence-corrected chi connectivity index (χ2v) is 5.70. The Morgan fingerprint density at radius 1 is 1.22 bits per heavy atom. The summed E-state index contributed by atoms with van der Waals surface area (Å²) in [5, 5.41) is 0. The third kappa shape index (κ3) is 4.03. The van der Waals surface area contributed by atoms with Gasteiger partial charge in [0, 0.05) is 6.54 Å². The van der Waals surface area contributed by atoms with E-state index in [4.69, 9.17) is 9.47 Å². The molecule has 0 fully saturated rings. The van der Waals surface area contributed by atoms with Crippen LogP contribution >= 0.6 is 0 Å². The van der Waals surface area contributed by atoms with Crippen molar-refractivity contribution in [2.24, 2.45) is 0 Å². The van der Waals surface area contributed by atoms with E-state index in [-0.39, 0.29) is 5.97 Å². The van der Waals surface area contributed by atoms with Gasteiger partial charge in [-0.05, 0) is 30.2 Å². The largest absolute Gasteiger partial charge is 0.490 e. The lowest BCUT2D eigenvalue weighted by atomic mass is 10.1. The second kappa shape index (κ2) is 7.18. The fraction of sp³-hybridized carbons (Fsp3) is 0.316. The minimum atomic E-state index is -0.172. The van der Waals surface area contributed by atoms with Gasteiger partial charge in [-0.1, -0.05) is 36.4 Å². The summed E-state index contributed by atoms with van der Waals surface area (Å²) in [7, 11) is 0. The van der Waals surface area contributed by atoms with Crippen LogP contribution in [-0.2, 0) is 16.1 Å². The summed E-state index contributed by atoms with van der Waals surface area (Å²) in [6.07, 6.45) is 0.375. The van der Waals surface area contributed by atoms with Gasteiger partial charge in [-0.15, -0.1) is 0 Å². The van der Waals surface area contributed by atoms with Crippen LogP contribution in [0.1, 0.15) is 17.5 Å². The van der Waals surface area contributed by atoms with E-state index < -0.39 is 0 Å². The minimum Gasteiger partial charge on any atom is -0.490 e. The molecule has 4 heteroatoms. The molecule has 1 heterocycles. The van der Waals surface area contributed by atoms with E-state index in [1.165, 1.54) is 5.56 Å². The van der Waals surface area contributed by atoms with Crippen molar-refractivity contribution in [2.75, 3.05) is 24.6 Å². The number of anilines is 1. The highest BCUT2D eigenvalue weighted by atomic mass is 16.5. The molecule has 0 aromatic heterocycles. The van der Waals surface area contributed by atoms with Gasteiger partial charge in [0.1, 0.15) is 19.0 Å². The molecular weight excluding hydrogens is 290 g/mol. The van der Waals surface area contributed by atoms with Gasteiger partial charge in [-0.2, -0.15) is 0 Å². The van der Waals surface area contributed by atoms with E-state index >= 15 is 0 Å². The average molecular weight is 311 g/mol. The normalized spacial score (nSPS) is 13.2. The summed E-state index contributed by atoms with van der Waals surface area (Å²) in [4.78, 5) is 14.1. The second-order valence-electron chi connectivity index (χ2n) is 5.70. The number of ether oxygens (including phenoxy) is 2. The zero-order chi connectivity index (χ0) is 16.1. The molecule has 0 spiro atoms. The molecule has 23 heavy (non-hydrogen) atoms. The number of nitrogens with zero attached hydrogens (tertiary/aromatic N) is 1. The Morgan fingerprint density at radius 2 is 2.04 bits per heavy atom. The lowest BCUT2D eigenvalue weighted by Crippen LogP contribution is -2.34. The van der Waals surface area contributed by atoms with Crippen molar-refractivity contribution in [3.63, 3.8) is 0 Å². The van der Waals surface area contributed by atoms with E-state index in [0.29, 0.717) is 26.2 Å². The zero-order valence-corrected chi connectivity index (χ0v) is 13.3. The van der Waals surface area contributed by atoms with Gasteiger partial charge in [0.15, 0.2) is 0 Å². The van der Waals surface area contributed by atoms with E-state index in [1.807, 2.05) is 43.3 Å². The van der Waals surface area contributed by atoms with Crippen molar-refractivity contribution in [3.05, 3.63) is 59.7 Å². The first-order valence-corrected chi connectivity index (χ1v) is 7.90. The molecule has 4 nitrogen and oxygen atoms in total. The molecule has 0 amide bonds. The Bertz CT molecular complexity index is 670. The van der Waals surface area contributed by atoms with E-state index in [0.717, 1.165) is 23.5 Å². The van der Waals surface area contributed by atoms with Crippen molar-refractivity contribution in [2.45, 2.75) is 20.0 Å². The Kier molecular flexibility index (Phi) is 4.81. The van der Waals surface area contributed by atoms with Crippen molar-refractivity contribution in [1.29, 1.82) is 0 Å². The molecular formula is C19H21NO3. The Morgan fingerprint density at radius 3 is 2.87 bits per heavy atom. The van der Waals surface area contributed by atoms with Crippen LogP contribution in [0.15, 0.2) is 48.5 Å². The zero-order valence-electron chi connectivity index (χ0n) is 13.3. The molecule has 0 saturated carbocycles. The SMILES string of the molecule is Cc1ccc2c(c1)OCCN2CCC(=O)OCc1ccccc1. The third-order valence-electron chi connectivity index (χ3n) is 3.90. The first kappa shape index (κ1) is 15.4. The van der Waals surface area contributed by atoms with Crippen LogP contribution in [0.5, 0.6) is 5.75 Å². The lowest BCUT2D eigenvalue weighted by molar-refractivity contribution is -0.144. The van der Waals surface area contributed by atoms with Crippen LogP contribution in [0, 0.1) is 6.92 Å². The molecule has 0 saturated heterocycles. The predicted molar refractivity (Wildman–Crippen MR) is 89.7 cm³/mol. The number of carbonyl (C=O) groups excluding carboxylic acids is 1. The number of esters is 1. The number of hydrogen-bond donors (Lipinski definition) is 0. The molecule has 0 radical (unpaired) electrons. The molecule has 0 unspecified atom stereocenters. The van der Waals surface area contributed by atoms with Crippen LogP contribution in [0.4, 0.5) is 5.69 Å². The standard InChI is InChI=1S/C19H21NO3/c1-15-7-8-17-18(13-15)22-12-11-20(17)10-9-19(21)23-14-16-5-3-2-4-6-16/h2-8,13H,9-12,14H2,1H3. The highest BCUT2D eigenvalue weighted by molar-refractivity contribution is 5.71. The quantitative estimate of drug-likeness (QED) is 0.794. The molecule has 3 rings (SSSR count). The van der Waals surface area contributed by atoms with Gasteiger partial charge in [-0.25, -0.2) is 0 Å². The highest BCUT2D eigenvalue weighted by Crippen LogP contribution is 2.32. The summed E-state index contributed by atoms with van der Waals surface area (Å²) < 4.78 is 11.0. The maximum Gasteiger partial charge on any atom is 0.307 e. The first-order valence-electron chi connectivity index (χ1n) is 7.90. The topological polar surface area (TPSA) is 38.8 Å². The van der Waals surface area contributed by atoms with Gasteiger partial charge in [0.05, 0.1) is 18.7 Å². The number of benzene rings is 2. The Hall–Kier alpha value is -2.49. The fourth-order valence-electron chi connectivity index (χ4n) is 2.65. The lowest BCUT2D eigenvalue weighted by Gasteiger charge is -2.31. The van der Waals surface area contributed by atoms with E-state index in [2.05, 4.69) is 17.0 Å². The van der Waals surface area contributed by atoms with Crippen LogP contribution in [-0.4, -0.2) is 25.7 Å². The summed E-state index contributed by atoms with van der Waals surface area (Å²) in [5.41, 5.74) is 3.23. The highest BCUT2D eigenvalue weighted by Gasteiger charge is 2.18. The smallest absolute Gasteiger partial charge is 0.307 e. The van der Waals surface area contributed by atoms with Gasteiger partial charge >= 0.3 is 5.97 Å². The number of rotatable bonds is 5. The maximum absolute atomic E-state index is 11.9. The van der Waals surface area contributed by atoms with Gasteiger partial charge in [0.25, 0.3) is 0 Å². The van der Waals surface area contributed by atoms with E-state index in [1.54, 1.807) is 0 Å². The third-order valence-corrected chi connectivity index (χ3v) is 3.90. The van der Waals surface area contributed by atoms with Gasteiger partial charge < -0.3 is 14.4 Å². The summed E-state index contributed by atoms with van der Waals surface area (Å²) in [6.45, 7) is 4.46. The molecule has 0 N–H and O–H groups in total. The van der Waals surface area contributed by atoms with Crippen LogP contribution < -0.4 is 9.64 Å². The van der Waals surface area contributed by atoms with Gasteiger partial charge in [0.2, 0.25) is 0 Å². The summed E-state index contributed by atoms with van der Waals surface area (Å²) >= 11 is 0. The molecule has 120 valence electrons. The predicted octanol–water partition coefficient (Wildman–Crippen LogP) is 3.33. The van der Waals surface area contributed by atoms with Crippen LogP contribution in [0.3, 0.4) is 0 Å². The number of hydrogen-bond acceptors (Lipinski definition) is 4. The summed E-state index contributed by atoms with van der Waals surface area (Å²) in [5.74, 6) is 0.725. The molecule has 0 atom stereocenters. The molecule has 0 bridgehead atoms. The van der Waals surface area contributed by atoms with E-state index in [9.17, 15) is 4.79 Å². The maximum atomic E-state index is 11.9. The molecule has 0 aliphatic carbocycles. The average Bonchev–Trinajstić information content (AvgIpc) is 2.58. The van der Waals surface area contributed by atoms with Crippen LogP contribution in [0.2, 0.25) is 0 Å². The molecule has 1 aliphatic rings. The fourth-order valence-corrected chi connectivity index (χ4v) is 2.65. The van der Waals surface area contributed by atoms with Crippen molar-refractivity contribution in [1.82, 2.24) is 0 Å². The number of fused-ring (bicyclic) bond motifs is 1. The Balaban J connectivity index is 1.52. The Labute approximate surface area is 136 Å².